The molecule has 3 rings (SSSR count). The third-order valence-corrected chi connectivity index (χ3v) is 6.33. The number of nitrogens with zero attached hydrogens (tertiary/aromatic N) is 3. The molecule has 0 spiro atoms. The Labute approximate surface area is 193 Å². The highest BCUT2D eigenvalue weighted by Crippen LogP contribution is 2.21. The van der Waals surface area contributed by atoms with E-state index >= 15 is 0 Å². The number of hydrogen-bond acceptors (Lipinski definition) is 6. The van der Waals surface area contributed by atoms with Crippen molar-refractivity contribution in [3.8, 4) is 5.75 Å². The van der Waals surface area contributed by atoms with Crippen LogP contribution in [-0.4, -0.2) is 26.5 Å². The number of rotatable bonds is 9. The van der Waals surface area contributed by atoms with Gasteiger partial charge in [-0.25, -0.2) is 4.68 Å². The third kappa shape index (κ3) is 6.03. The largest absolute Gasteiger partial charge is 0.486 e. The molecule has 0 aliphatic carbocycles. The maximum atomic E-state index is 12.4. The number of nitrogens with two attached hydrogens (primary N) is 1. The van der Waals surface area contributed by atoms with Crippen LogP contribution in [-0.2, 0) is 11.4 Å². The summed E-state index contributed by atoms with van der Waals surface area (Å²) in [7, 11) is 0. The van der Waals surface area contributed by atoms with Crippen molar-refractivity contribution in [1.29, 1.82) is 0 Å². The molecule has 1 unspecified atom stereocenters. The lowest BCUT2D eigenvalue weighted by Gasteiger charge is -2.15. The lowest BCUT2D eigenvalue weighted by atomic mass is 10.0. The SMILES string of the molecule is Cc1ccc(C(C)NC(=O)CSc2nnc(COc3ccc(C(C)C)cc3)n2N)cc1C. The number of nitrogen functional groups attached to an aromatic ring is 1. The fraction of sp³-hybridized carbons (Fsp3) is 0.375. The summed E-state index contributed by atoms with van der Waals surface area (Å²) < 4.78 is 7.14. The first-order chi connectivity index (χ1) is 15.2. The van der Waals surface area contributed by atoms with Gasteiger partial charge in [-0.2, -0.15) is 0 Å². The van der Waals surface area contributed by atoms with E-state index in [1.807, 2.05) is 37.3 Å². The van der Waals surface area contributed by atoms with Gasteiger partial charge in [-0.1, -0.05) is 55.9 Å². The molecule has 0 saturated carbocycles. The molecule has 3 N–H and O–H groups in total. The van der Waals surface area contributed by atoms with Gasteiger partial charge in [-0.15, -0.1) is 10.2 Å². The highest BCUT2D eigenvalue weighted by Gasteiger charge is 2.15. The lowest BCUT2D eigenvalue weighted by molar-refractivity contribution is -0.119. The molecule has 8 heteroatoms. The minimum absolute atomic E-state index is 0.0795. The Morgan fingerprint density at radius 2 is 1.75 bits per heavy atom. The summed E-state index contributed by atoms with van der Waals surface area (Å²) in [5.41, 5.74) is 4.77. The summed E-state index contributed by atoms with van der Waals surface area (Å²) in [6, 6.07) is 14.1. The number of aryl methyl sites for hydroxylation is 2. The maximum Gasteiger partial charge on any atom is 0.230 e. The molecule has 0 radical (unpaired) electrons. The molecule has 0 fully saturated rings. The van der Waals surface area contributed by atoms with Gasteiger partial charge in [0.2, 0.25) is 11.1 Å². The summed E-state index contributed by atoms with van der Waals surface area (Å²) in [5, 5.41) is 11.7. The van der Waals surface area contributed by atoms with Gasteiger partial charge in [0.1, 0.15) is 12.4 Å². The van der Waals surface area contributed by atoms with Gasteiger partial charge in [0, 0.05) is 0 Å². The Balaban J connectivity index is 1.50. The standard InChI is InChI=1S/C24H31N5O2S/c1-15(2)19-8-10-21(11-9-19)31-13-22-27-28-24(29(22)25)32-14-23(30)26-18(5)20-7-6-16(3)17(4)12-20/h6-12,15,18H,13-14,25H2,1-5H3,(H,26,30). The number of hydrogen-bond donors (Lipinski definition) is 2. The molecule has 170 valence electrons. The first-order valence-electron chi connectivity index (χ1n) is 10.7. The molecular formula is C24H31N5O2S. The van der Waals surface area contributed by atoms with E-state index in [9.17, 15) is 4.79 Å². The van der Waals surface area contributed by atoms with Gasteiger partial charge in [0.05, 0.1) is 11.8 Å². The molecule has 0 aliphatic heterocycles. The molecule has 3 aromatic rings. The van der Waals surface area contributed by atoms with Crippen LogP contribution >= 0.6 is 11.8 Å². The second-order valence-corrected chi connectivity index (χ2v) is 9.15. The number of aromatic nitrogens is 3. The number of benzene rings is 2. The summed E-state index contributed by atoms with van der Waals surface area (Å²) in [6.45, 7) is 10.6. The molecule has 7 nitrogen and oxygen atoms in total. The van der Waals surface area contributed by atoms with Crippen molar-refractivity contribution in [3.63, 3.8) is 0 Å². The topological polar surface area (TPSA) is 95.1 Å². The van der Waals surface area contributed by atoms with Crippen molar-refractivity contribution in [2.75, 3.05) is 11.6 Å². The predicted molar refractivity (Wildman–Crippen MR) is 128 cm³/mol. The minimum atomic E-state index is -0.0910. The molecule has 0 aliphatic rings. The van der Waals surface area contributed by atoms with Crippen LogP contribution in [0.3, 0.4) is 0 Å². The number of amides is 1. The molecular weight excluding hydrogens is 422 g/mol. The van der Waals surface area contributed by atoms with Crippen LogP contribution < -0.4 is 15.9 Å². The molecule has 0 saturated heterocycles. The Morgan fingerprint density at radius 1 is 1.06 bits per heavy atom. The number of nitrogens with one attached hydrogen (secondary N) is 1. The van der Waals surface area contributed by atoms with Gasteiger partial charge in [0.25, 0.3) is 0 Å². The Bertz CT molecular complexity index is 1060. The van der Waals surface area contributed by atoms with Crippen molar-refractivity contribution >= 4 is 17.7 Å². The minimum Gasteiger partial charge on any atom is -0.486 e. The van der Waals surface area contributed by atoms with Crippen molar-refractivity contribution < 1.29 is 9.53 Å². The first-order valence-corrected chi connectivity index (χ1v) is 11.6. The lowest BCUT2D eigenvalue weighted by Crippen LogP contribution is -2.28. The molecule has 2 aromatic carbocycles. The fourth-order valence-electron chi connectivity index (χ4n) is 3.13. The zero-order valence-electron chi connectivity index (χ0n) is 19.3. The molecule has 0 bridgehead atoms. The van der Waals surface area contributed by atoms with Crippen molar-refractivity contribution in [3.05, 3.63) is 70.5 Å². The van der Waals surface area contributed by atoms with Gasteiger partial charge in [-0.3, -0.25) is 4.79 Å². The highest BCUT2D eigenvalue weighted by molar-refractivity contribution is 7.99. The van der Waals surface area contributed by atoms with E-state index in [1.54, 1.807) is 0 Å². The van der Waals surface area contributed by atoms with E-state index in [0.29, 0.717) is 16.9 Å². The van der Waals surface area contributed by atoms with E-state index in [-0.39, 0.29) is 24.3 Å². The Kier molecular flexibility index (Phi) is 7.80. The van der Waals surface area contributed by atoms with Crippen molar-refractivity contribution in [2.24, 2.45) is 0 Å². The molecule has 1 amide bonds. The van der Waals surface area contributed by atoms with E-state index < -0.39 is 0 Å². The average Bonchev–Trinajstić information content (AvgIpc) is 3.12. The zero-order valence-corrected chi connectivity index (χ0v) is 20.1. The van der Waals surface area contributed by atoms with E-state index in [1.165, 1.54) is 33.1 Å². The van der Waals surface area contributed by atoms with E-state index in [4.69, 9.17) is 10.6 Å². The zero-order chi connectivity index (χ0) is 23.3. The summed E-state index contributed by atoms with van der Waals surface area (Å²) in [6.07, 6.45) is 0. The summed E-state index contributed by atoms with van der Waals surface area (Å²) in [5.74, 6) is 7.91. The highest BCUT2D eigenvalue weighted by atomic mass is 32.2. The summed E-state index contributed by atoms with van der Waals surface area (Å²) >= 11 is 1.24. The maximum absolute atomic E-state index is 12.4. The van der Waals surface area contributed by atoms with Crippen LogP contribution in [0.5, 0.6) is 5.75 Å². The van der Waals surface area contributed by atoms with Crippen LogP contribution in [0, 0.1) is 13.8 Å². The van der Waals surface area contributed by atoms with Gasteiger partial charge in [0.15, 0.2) is 5.82 Å². The second kappa shape index (κ2) is 10.5. The quantitative estimate of drug-likeness (QED) is 0.371. The van der Waals surface area contributed by atoms with Crippen molar-refractivity contribution in [1.82, 2.24) is 20.2 Å². The number of ether oxygens (including phenoxy) is 1. The van der Waals surface area contributed by atoms with Crippen molar-refractivity contribution in [2.45, 2.75) is 58.3 Å². The molecule has 32 heavy (non-hydrogen) atoms. The normalized spacial score (nSPS) is 12.1. The van der Waals surface area contributed by atoms with Gasteiger partial charge >= 0.3 is 0 Å². The smallest absolute Gasteiger partial charge is 0.230 e. The molecule has 1 aromatic heterocycles. The summed E-state index contributed by atoms with van der Waals surface area (Å²) in [4.78, 5) is 12.4. The predicted octanol–water partition coefficient (Wildman–Crippen LogP) is 4.28. The van der Waals surface area contributed by atoms with E-state index in [0.717, 1.165) is 11.3 Å². The average molecular weight is 454 g/mol. The van der Waals surface area contributed by atoms with Crippen LogP contribution in [0.15, 0.2) is 47.6 Å². The molecule has 1 atom stereocenters. The van der Waals surface area contributed by atoms with Crippen LogP contribution in [0.2, 0.25) is 0 Å². The van der Waals surface area contributed by atoms with Crippen LogP contribution in [0.4, 0.5) is 0 Å². The monoisotopic (exact) mass is 453 g/mol. The van der Waals surface area contributed by atoms with E-state index in [2.05, 4.69) is 55.3 Å². The van der Waals surface area contributed by atoms with Gasteiger partial charge in [-0.05, 0) is 61.1 Å². The third-order valence-electron chi connectivity index (χ3n) is 5.39. The second-order valence-electron chi connectivity index (χ2n) is 8.20. The van der Waals surface area contributed by atoms with Crippen LogP contribution in [0.25, 0.3) is 0 Å². The Morgan fingerprint density at radius 3 is 2.41 bits per heavy atom. The first kappa shape index (κ1) is 23.7. The number of carbonyl (C=O) groups is 1. The molecule has 1 heterocycles. The number of thioether (sulfide) groups is 1. The van der Waals surface area contributed by atoms with Gasteiger partial charge < -0.3 is 15.9 Å². The fourth-order valence-corrected chi connectivity index (χ4v) is 3.82. The number of carbonyl (C=O) groups excluding carboxylic acids is 1. The Hall–Kier alpha value is -3.00. The van der Waals surface area contributed by atoms with Crippen LogP contribution in [0.1, 0.15) is 60.8 Å².